The first-order chi connectivity index (χ1) is 12.2. The van der Waals surface area contributed by atoms with Crippen LogP contribution in [0.5, 0.6) is 5.75 Å². The molecule has 0 saturated carbocycles. The summed E-state index contributed by atoms with van der Waals surface area (Å²) in [6.45, 7) is 2.34. The molecule has 1 aromatic heterocycles. The number of fused-ring (bicyclic) bond motifs is 1. The first-order valence-corrected chi connectivity index (χ1v) is 7.90. The van der Waals surface area contributed by atoms with Gasteiger partial charge in [-0.2, -0.15) is 0 Å². The highest BCUT2D eigenvalue weighted by molar-refractivity contribution is 5.97. The monoisotopic (exact) mass is 338 g/mol. The van der Waals surface area contributed by atoms with Crippen LogP contribution in [0.4, 0.5) is 0 Å². The van der Waals surface area contributed by atoms with Gasteiger partial charge in [0.1, 0.15) is 12.3 Å². The number of rotatable bonds is 5. The summed E-state index contributed by atoms with van der Waals surface area (Å²) in [4.78, 5) is 28.6. The molecule has 0 bridgehead atoms. The normalized spacial score (nSPS) is 10.4. The van der Waals surface area contributed by atoms with Gasteiger partial charge < -0.3 is 9.30 Å². The molecule has 0 aliphatic rings. The van der Waals surface area contributed by atoms with Gasteiger partial charge in [-0.25, -0.2) is 4.98 Å². The molecule has 7 heteroatoms. The summed E-state index contributed by atoms with van der Waals surface area (Å²) in [6, 6.07) is 14.4. The Morgan fingerprint density at radius 3 is 2.68 bits per heavy atom. The van der Waals surface area contributed by atoms with Crippen LogP contribution in [0, 0.1) is 0 Å². The van der Waals surface area contributed by atoms with E-state index in [2.05, 4.69) is 15.8 Å². The molecule has 3 rings (SSSR count). The molecule has 0 spiro atoms. The van der Waals surface area contributed by atoms with E-state index in [1.165, 1.54) is 0 Å². The molecule has 0 unspecified atom stereocenters. The molecular weight excluding hydrogens is 320 g/mol. The van der Waals surface area contributed by atoms with Gasteiger partial charge in [0.25, 0.3) is 11.8 Å². The number of imidazole rings is 1. The lowest BCUT2D eigenvalue weighted by molar-refractivity contribution is -0.122. The smallest absolute Gasteiger partial charge is 0.273 e. The van der Waals surface area contributed by atoms with Crippen molar-refractivity contribution in [3.05, 3.63) is 60.4 Å². The van der Waals surface area contributed by atoms with Gasteiger partial charge in [-0.3, -0.25) is 20.4 Å². The van der Waals surface area contributed by atoms with E-state index in [0.717, 1.165) is 11.0 Å². The largest absolute Gasteiger partial charge is 0.493 e. The van der Waals surface area contributed by atoms with Crippen molar-refractivity contribution in [3.8, 4) is 5.75 Å². The maximum Gasteiger partial charge on any atom is 0.273 e. The number of aromatic nitrogens is 2. The molecule has 0 fully saturated rings. The summed E-state index contributed by atoms with van der Waals surface area (Å²) in [5.74, 6) is -0.323. The number of carbonyl (C=O) groups excluding carboxylic acids is 2. The average molecular weight is 338 g/mol. The Hall–Kier alpha value is -3.35. The number of benzene rings is 2. The van der Waals surface area contributed by atoms with Crippen molar-refractivity contribution in [2.75, 3.05) is 6.61 Å². The predicted octanol–water partition coefficient (Wildman–Crippen LogP) is 1.90. The van der Waals surface area contributed by atoms with Crippen LogP contribution in [0.2, 0.25) is 0 Å². The van der Waals surface area contributed by atoms with E-state index < -0.39 is 5.91 Å². The Bertz CT molecular complexity index is 904. The third kappa shape index (κ3) is 3.77. The molecule has 2 N–H and O–H groups in total. The lowest BCUT2D eigenvalue weighted by atomic mass is 10.2. The minimum absolute atomic E-state index is 0.0495. The van der Waals surface area contributed by atoms with Crippen LogP contribution in [0.25, 0.3) is 11.0 Å². The zero-order valence-electron chi connectivity index (χ0n) is 13.7. The topological polar surface area (TPSA) is 85.3 Å². The summed E-state index contributed by atoms with van der Waals surface area (Å²) in [7, 11) is 0. The standard InChI is InChI=1S/C18H18N4O3/c1-2-25-16-10-6-3-7-13(16)18(24)21-20-17(23)11-22-12-19-14-8-4-5-9-15(14)22/h3-10,12H,2,11H2,1H3,(H,20,23)(H,21,24). The Morgan fingerprint density at radius 1 is 1.08 bits per heavy atom. The fourth-order valence-corrected chi connectivity index (χ4v) is 2.46. The van der Waals surface area contributed by atoms with E-state index in [0.29, 0.717) is 17.9 Å². The fraction of sp³-hybridized carbons (Fsp3) is 0.167. The van der Waals surface area contributed by atoms with Crippen molar-refractivity contribution >= 4 is 22.8 Å². The molecule has 2 amide bonds. The van der Waals surface area contributed by atoms with Crippen molar-refractivity contribution in [2.24, 2.45) is 0 Å². The third-order valence-corrected chi connectivity index (χ3v) is 3.59. The van der Waals surface area contributed by atoms with Crippen LogP contribution in [0.1, 0.15) is 17.3 Å². The van der Waals surface area contributed by atoms with E-state index >= 15 is 0 Å². The number of hydrogen-bond donors (Lipinski definition) is 2. The third-order valence-electron chi connectivity index (χ3n) is 3.59. The first kappa shape index (κ1) is 16.5. The van der Waals surface area contributed by atoms with Crippen LogP contribution >= 0.6 is 0 Å². The molecular formula is C18H18N4O3. The second-order valence-corrected chi connectivity index (χ2v) is 5.29. The van der Waals surface area contributed by atoms with Crippen molar-refractivity contribution in [2.45, 2.75) is 13.5 Å². The second kappa shape index (κ2) is 7.48. The lowest BCUT2D eigenvalue weighted by Gasteiger charge is -2.11. The number of para-hydroxylation sites is 3. The van der Waals surface area contributed by atoms with E-state index in [4.69, 9.17) is 4.74 Å². The van der Waals surface area contributed by atoms with Crippen molar-refractivity contribution in [1.82, 2.24) is 20.4 Å². The van der Waals surface area contributed by atoms with Crippen LogP contribution in [-0.2, 0) is 11.3 Å². The summed E-state index contributed by atoms with van der Waals surface area (Å²) in [5.41, 5.74) is 6.84. The van der Waals surface area contributed by atoms with E-state index in [-0.39, 0.29) is 12.5 Å². The molecule has 7 nitrogen and oxygen atoms in total. The number of hydrazine groups is 1. The Balaban J connectivity index is 1.62. The molecule has 2 aromatic carbocycles. The highest BCUT2D eigenvalue weighted by atomic mass is 16.5. The van der Waals surface area contributed by atoms with Gasteiger partial charge in [-0.05, 0) is 31.2 Å². The van der Waals surface area contributed by atoms with Gasteiger partial charge in [0, 0.05) is 0 Å². The Morgan fingerprint density at radius 2 is 1.84 bits per heavy atom. The van der Waals surface area contributed by atoms with E-state index in [9.17, 15) is 9.59 Å². The van der Waals surface area contributed by atoms with Crippen molar-refractivity contribution < 1.29 is 14.3 Å². The Kier molecular flexibility index (Phi) is 4.94. The number of nitrogens with zero attached hydrogens (tertiary/aromatic N) is 2. The van der Waals surface area contributed by atoms with Crippen molar-refractivity contribution in [1.29, 1.82) is 0 Å². The van der Waals surface area contributed by atoms with Gasteiger partial charge in [-0.1, -0.05) is 24.3 Å². The van der Waals surface area contributed by atoms with E-state index in [1.807, 2.05) is 31.2 Å². The number of amides is 2. The minimum Gasteiger partial charge on any atom is -0.493 e. The number of nitrogens with one attached hydrogen (secondary N) is 2. The SMILES string of the molecule is CCOc1ccccc1C(=O)NNC(=O)Cn1cnc2ccccc21. The zero-order chi connectivity index (χ0) is 17.6. The van der Waals surface area contributed by atoms with Gasteiger partial charge in [0.05, 0.1) is 29.5 Å². The molecule has 25 heavy (non-hydrogen) atoms. The maximum atomic E-state index is 12.2. The van der Waals surface area contributed by atoms with Crippen LogP contribution in [-0.4, -0.2) is 28.0 Å². The van der Waals surface area contributed by atoms with Crippen LogP contribution in [0.15, 0.2) is 54.9 Å². The summed E-state index contributed by atoms with van der Waals surface area (Å²) in [5, 5.41) is 0. The van der Waals surface area contributed by atoms with E-state index in [1.54, 1.807) is 35.2 Å². The molecule has 3 aromatic rings. The highest BCUT2D eigenvalue weighted by Gasteiger charge is 2.13. The molecule has 128 valence electrons. The predicted molar refractivity (Wildman–Crippen MR) is 93.0 cm³/mol. The van der Waals surface area contributed by atoms with Gasteiger partial charge >= 0.3 is 0 Å². The molecule has 1 heterocycles. The maximum absolute atomic E-state index is 12.2. The molecule has 0 aliphatic carbocycles. The number of hydrogen-bond acceptors (Lipinski definition) is 4. The number of ether oxygens (including phenoxy) is 1. The summed E-state index contributed by atoms with van der Waals surface area (Å²) >= 11 is 0. The van der Waals surface area contributed by atoms with Crippen molar-refractivity contribution in [3.63, 3.8) is 0 Å². The Labute approximate surface area is 144 Å². The summed E-state index contributed by atoms with van der Waals surface area (Å²) in [6.07, 6.45) is 1.59. The summed E-state index contributed by atoms with van der Waals surface area (Å²) < 4.78 is 7.13. The molecule has 0 aliphatic heterocycles. The van der Waals surface area contributed by atoms with Crippen LogP contribution < -0.4 is 15.6 Å². The molecule has 0 atom stereocenters. The highest BCUT2D eigenvalue weighted by Crippen LogP contribution is 2.17. The zero-order valence-corrected chi connectivity index (χ0v) is 13.7. The van der Waals surface area contributed by atoms with Gasteiger partial charge in [0.2, 0.25) is 0 Å². The quantitative estimate of drug-likeness (QED) is 0.696. The van der Waals surface area contributed by atoms with Gasteiger partial charge in [0.15, 0.2) is 0 Å². The van der Waals surface area contributed by atoms with Crippen LogP contribution in [0.3, 0.4) is 0 Å². The second-order valence-electron chi connectivity index (χ2n) is 5.29. The molecule has 0 saturated heterocycles. The lowest BCUT2D eigenvalue weighted by Crippen LogP contribution is -2.43. The fourth-order valence-electron chi connectivity index (χ4n) is 2.46. The minimum atomic E-state index is -0.437. The first-order valence-electron chi connectivity index (χ1n) is 7.90. The van der Waals surface area contributed by atoms with Gasteiger partial charge in [-0.15, -0.1) is 0 Å². The average Bonchev–Trinajstić information content (AvgIpc) is 3.03. The molecule has 0 radical (unpaired) electrons. The number of carbonyl (C=O) groups is 2.